The van der Waals surface area contributed by atoms with E-state index in [-0.39, 0.29) is 24.9 Å². The summed E-state index contributed by atoms with van der Waals surface area (Å²) in [6, 6.07) is -0.700. The molecule has 1 amide bonds. The minimum Gasteiger partial charge on any atom is -0.462 e. The van der Waals surface area contributed by atoms with Crippen LogP contribution in [0.15, 0.2) is 36.5 Å². The van der Waals surface area contributed by atoms with Crippen molar-refractivity contribution in [1.29, 1.82) is 0 Å². The third-order valence-electron chi connectivity index (χ3n) is 12.5. The Morgan fingerprint density at radius 3 is 1.31 bits per heavy atom. The van der Waals surface area contributed by atoms with E-state index in [0.29, 0.717) is 19.3 Å². The molecule has 3 atom stereocenters. The van der Waals surface area contributed by atoms with Crippen LogP contribution in [0.3, 0.4) is 0 Å². The number of ether oxygens (including phenoxy) is 1. The highest BCUT2D eigenvalue weighted by molar-refractivity contribution is 5.77. The van der Waals surface area contributed by atoms with E-state index in [1.54, 1.807) is 0 Å². The van der Waals surface area contributed by atoms with Gasteiger partial charge in [0.15, 0.2) is 0 Å². The normalized spacial score (nSPS) is 13.4. The number of carbonyl (C=O) groups is 2. The van der Waals surface area contributed by atoms with Gasteiger partial charge in [-0.1, -0.05) is 263 Å². The number of esters is 1. The molecule has 364 valence electrons. The second-order valence-electron chi connectivity index (χ2n) is 18.7. The third-order valence-corrected chi connectivity index (χ3v) is 12.5. The predicted octanol–water partition coefficient (Wildman–Crippen LogP) is 16.5. The maximum atomic E-state index is 13.2. The van der Waals surface area contributed by atoms with Gasteiger partial charge < -0.3 is 20.3 Å². The summed E-state index contributed by atoms with van der Waals surface area (Å²) in [6.45, 7) is 6.38. The molecule has 0 aliphatic carbocycles. The summed E-state index contributed by atoms with van der Waals surface area (Å²) in [7, 11) is 0. The zero-order valence-electron chi connectivity index (χ0n) is 41.5. The number of amides is 1. The van der Waals surface area contributed by atoms with Crippen LogP contribution in [0, 0.1) is 0 Å². The van der Waals surface area contributed by atoms with Gasteiger partial charge in [0.25, 0.3) is 0 Å². The highest BCUT2D eigenvalue weighted by Gasteiger charge is 2.24. The molecule has 0 saturated carbocycles. The Bertz CT molecular complexity index is 1020. The van der Waals surface area contributed by atoms with Crippen molar-refractivity contribution in [2.24, 2.45) is 0 Å². The van der Waals surface area contributed by atoms with E-state index < -0.39 is 18.2 Å². The highest BCUT2D eigenvalue weighted by Crippen LogP contribution is 2.19. The Balaban J connectivity index is 4.55. The standard InChI is InChI=1S/C56H105NO5/c1-4-7-10-13-16-19-22-25-28-31-34-37-40-43-46-49-56(61)62-52(47-44-41-38-35-32-29-26-23-20-17-14-11-8-5-2)50-55(60)57-53(51-58)54(59)48-45-42-39-36-33-30-27-24-21-18-15-12-9-6-3/h7,10,13,16,19,22,52-54,58-59H,4-6,8-9,11-12,14-15,17-18,20-21,23-51H2,1-3H3,(H,57,60)/b10-7+,16-13+,22-19+. The fourth-order valence-electron chi connectivity index (χ4n) is 8.43. The van der Waals surface area contributed by atoms with Crippen molar-refractivity contribution in [2.45, 2.75) is 302 Å². The molecule has 0 aliphatic heterocycles. The first-order valence-corrected chi connectivity index (χ1v) is 27.2. The Morgan fingerprint density at radius 2 is 0.871 bits per heavy atom. The second-order valence-corrected chi connectivity index (χ2v) is 18.7. The lowest BCUT2D eigenvalue weighted by molar-refractivity contribution is -0.151. The fraction of sp³-hybridized carbons (Fsp3) is 0.857. The van der Waals surface area contributed by atoms with Gasteiger partial charge in [0, 0.05) is 6.42 Å². The Labute approximate surface area is 385 Å². The maximum absolute atomic E-state index is 13.2. The Hall–Kier alpha value is -1.92. The average Bonchev–Trinajstić information content (AvgIpc) is 3.26. The molecule has 0 aromatic carbocycles. The van der Waals surface area contributed by atoms with Crippen molar-refractivity contribution in [3.05, 3.63) is 36.5 Å². The predicted molar refractivity (Wildman–Crippen MR) is 269 cm³/mol. The van der Waals surface area contributed by atoms with Gasteiger partial charge in [0.1, 0.15) is 6.10 Å². The van der Waals surface area contributed by atoms with E-state index in [2.05, 4.69) is 62.5 Å². The smallest absolute Gasteiger partial charge is 0.306 e. The van der Waals surface area contributed by atoms with Gasteiger partial charge in [-0.15, -0.1) is 0 Å². The van der Waals surface area contributed by atoms with Crippen molar-refractivity contribution in [1.82, 2.24) is 5.32 Å². The number of aliphatic hydroxyl groups excluding tert-OH is 2. The van der Waals surface area contributed by atoms with Crippen LogP contribution >= 0.6 is 0 Å². The van der Waals surface area contributed by atoms with Crippen molar-refractivity contribution >= 4 is 11.9 Å². The van der Waals surface area contributed by atoms with Crippen LogP contribution in [0.2, 0.25) is 0 Å². The van der Waals surface area contributed by atoms with Gasteiger partial charge >= 0.3 is 5.97 Å². The van der Waals surface area contributed by atoms with Crippen LogP contribution in [0.5, 0.6) is 0 Å². The molecule has 6 nitrogen and oxygen atoms in total. The minimum absolute atomic E-state index is 0.0770. The zero-order valence-corrected chi connectivity index (χ0v) is 41.5. The molecule has 6 heteroatoms. The molecule has 0 fully saturated rings. The molecule has 0 radical (unpaired) electrons. The van der Waals surface area contributed by atoms with Crippen molar-refractivity contribution in [3.8, 4) is 0 Å². The quantitative estimate of drug-likeness (QED) is 0.0321. The number of rotatable bonds is 49. The van der Waals surface area contributed by atoms with Crippen LogP contribution in [0.1, 0.15) is 284 Å². The third kappa shape index (κ3) is 44.7. The molecule has 0 saturated heterocycles. The van der Waals surface area contributed by atoms with E-state index in [1.165, 1.54) is 180 Å². The summed E-state index contributed by atoms with van der Waals surface area (Å²) < 4.78 is 5.95. The molecule has 62 heavy (non-hydrogen) atoms. The SMILES string of the molecule is CC/C=C/C=C/C=C/CCCCCCCCCC(=O)OC(CCCCCCCCCCCCCCCC)CC(=O)NC(CO)C(O)CCCCCCCCCCCCCCCC. The number of allylic oxidation sites excluding steroid dienone is 6. The molecule has 0 aliphatic rings. The average molecular weight is 872 g/mol. The van der Waals surface area contributed by atoms with E-state index in [0.717, 1.165) is 57.8 Å². The summed E-state index contributed by atoms with van der Waals surface area (Å²) in [5, 5.41) is 23.8. The van der Waals surface area contributed by atoms with Crippen LogP contribution in [-0.4, -0.2) is 46.9 Å². The molecule has 0 spiro atoms. The highest BCUT2D eigenvalue weighted by atomic mass is 16.5. The summed E-state index contributed by atoms with van der Waals surface area (Å²) in [6.07, 6.45) is 59.2. The maximum Gasteiger partial charge on any atom is 0.306 e. The minimum atomic E-state index is -0.787. The number of unbranched alkanes of at least 4 members (excludes halogenated alkanes) is 33. The summed E-state index contributed by atoms with van der Waals surface area (Å²) in [5.74, 6) is -0.473. The molecular weight excluding hydrogens is 767 g/mol. The lowest BCUT2D eigenvalue weighted by Gasteiger charge is -2.24. The van der Waals surface area contributed by atoms with Gasteiger partial charge in [-0.25, -0.2) is 0 Å². The second kappa shape index (κ2) is 50.1. The number of aliphatic hydroxyl groups is 2. The van der Waals surface area contributed by atoms with E-state index >= 15 is 0 Å². The lowest BCUT2D eigenvalue weighted by atomic mass is 10.0. The lowest BCUT2D eigenvalue weighted by Crippen LogP contribution is -2.46. The van der Waals surface area contributed by atoms with E-state index in [1.807, 2.05) is 0 Å². The summed E-state index contributed by atoms with van der Waals surface area (Å²) in [4.78, 5) is 26.2. The molecule has 0 bridgehead atoms. The number of hydrogen-bond donors (Lipinski definition) is 3. The molecular formula is C56H105NO5. The van der Waals surface area contributed by atoms with Gasteiger partial charge in [0.05, 0.1) is 25.2 Å². The van der Waals surface area contributed by atoms with Crippen molar-refractivity contribution < 1.29 is 24.5 Å². The monoisotopic (exact) mass is 872 g/mol. The summed E-state index contributed by atoms with van der Waals surface area (Å²) in [5.41, 5.74) is 0. The Kier molecular flexibility index (Phi) is 48.5. The van der Waals surface area contributed by atoms with Gasteiger partial charge in [-0.3, -0.25) is 9.59 Å². The molecule has 3 N–H and O–H groups in total. The molecule has 3 unspecified atom stereocenters. The van der Waals surface area contributed by atoms with Gasteiger partial charge in [-0.2, -0.15) is 0 Å². The molecule has 0 rings (SSSR count). The first-order chi connectivity index (χ1) is 30.5. The Morgan fingerprint density at radius 1 is 0.484 bits per heavy atom. The molecule has 0 aromatic rings. The number of nitrogens with one attached hydrogen (secondary N) is 1. The largest absolute Gasteiger partial charge is 0.462 e. The van der Waals surface area contributed by atoms with Crippen LogP contribution in [0.4, 0.5) is 0 Å². The fourth-order valence-corrected chi connectivity index (χ4v) is 8.43. The first kappa shape index (κ1) is 60.1. The van der Waals surface area contributed by atoms with E-state index in [4.69, 9.17) is 4.74 Å². The van der Waals surface area contributed by atoms with Crippen LogP contribution in [-0.2, 0) is 14.3 Å². The topological polar surface area (TPSA) is 95.9 Å². The van der Waals surface area contributed by atoms with Crippen LogP contribution in [0.25, 0.3) is 0 Å². The zero-order chi connectivity index (χ0) is 45.2. The van der Waals surface area contributed by atoms with Crippen molar-refractivity contribution in [3.63, 3.8) is 0 Å². The first-order valence-electron chi connectivity index (χ1n) is 27.2. The van der Waals surface area contributed by atoms with Gasteiger partial charge in [-0.05, 0) is 44.9 Å². The summed E-state index contributed by atoms with van der Waals surface area (Å²) >= 11 is 0. The molecule has 0 aromatic heterocycles. The number of carbonyl (C=O) groups excluding carboxylic acids is 2. The number of hydrogen-bond acceptors (Lipinski definition) is 5. The van der Waals surface area contributed by atoms with Crippen molar-refractivity contribution in [2.75, 3.05) is 6.61 Å². The van der Waals surface area contributed by atoms with Crippen LogP contribution < -0.4 is 5.32 Å². The van der Waals surface area contributed by atoms with E-state index in [9.17, 15) is 19.8 Å². The molecule has 0 heterocycles. The van der Waals surface area contributed by atoms with Gasteiger partial charge in [0.2, 0.25) is 5.91 Å².